The van der Waals surface area contributed by atoms with Gasteiger partial charge in [-0.3, -0.25) is 0 Å². The molecule has 0 saturated carbocycles. The first-order chi connectivity index (χ1) is 5.86. The molecular formula is C9H6N2O. The van der Waals surface area contributed by atoms with Crippen molar-refractivity contribution < 1.29 is 4.79 Å². The normalized spacial score (nSPS) is 6.83. The topological polar surface area (TPSA) is 64.7 Å². The van der Waals surface area contributed by atoms with Gasteiger partial charge in [-0.1, -0.05) is 6.07 Å². The van der Waals surface area contributed by atoms with Crippen LogP contribution in [0, 0.1) is 22.7 Å². The van der Waals surface area contributed by atoms with Crippen molar-refractivity contribution in [3.8, 4) is 12.1 Å². The zero-order chi connectivity index (χ0) is 9.40. The van der Waals surface area contributed by atoms with Crippen LogP contribution in [0.3, 0.4) is 0 Å². The Morgan fingerprint density at radius 3 is 1.83 bits per heavy atom. The molecule has 0 radical (unpaired) electrons. The number of rotatable bonds is 0. The van der Waals surface area contributed by atoms with Crippen molar-refractivity contribution in [1.29, 1.82) is 10.5 Å². The summed E-state index contributed by atoms with van der Waals surface area (Å²) in [4.78, 5) is 8.00. The van der Waals surface area contributed by atoms with Crippen LogP contribution >= 0.6 is 0 Å². The zero-order valence-corrected chi connectivity index (χ0v) is 6.32. The van der Waals surface area contributed by atoms with E-state index >= 15 is 0 Å². The van der Waals surface area contributed by atoms with Crippen LogP contribution in [0.15, 0.2) is 24.3 Å². The number of hydrogen-bond donors (Lipinski definition) is 0. The first-order valence-corrected chi connectivity index (χ1v) is 3.06. The van der Waals surface area contributed by atoms with Gasteiger partial charge in [0, 0.05) is 0 Å². The molecule has 0 unspecified atom stereocenters. The molecule has 0 N–H and O–H groups in total. The van der Waals surface area contributed by atoms with E-state index in [0.29, 0.717) is 11.1 Å². The van der Waals surface area contributed by atoms with Gasteiger partial charge < -0.3 is 4.79 Å². The maximum atomic E-state index is 8.40. The van der Waals surface area contributed by atoms with Crippen molar-refractivity contribution in [3.63, 3.8) is 0 Å². The molecule has 12 heavy (non-hydrogen) atoms. The number of benzene rings is 1. The van der Waals surface area contributed by atoms with Gasteiger partial charge >= 0.3 is 0 Å². The SMILES string of the molecule is C=O.N#Cc1cccc(C#N)c1. The lowest BCUT2D eigenvalue weighted by Crippen LogP contribution is -1.75. The van der Waals surface area contributed by atoms with Gasteiger partial charge in [0.1, 0.15) is 6.79 Å². The maximum Gasteiger partial charge on any atom is 0.106 e. The number of carbonyl (C=O) groups is 1. The average Bonchev–Trinajstić information content (AvgIpc) is 2.21. The molecule has 0 amide bonds. The zero-order valence-electron chi connectivity index (χ0n) is 6.32. The van der Waals surface area contributed by atoms with E-state index in [2.05, 4.69) is 0 Å². The van der Waals surface area contributed by atoms with E-state index in [0.717, 1.165) is 0 Å². The number of nitrogens with zero attached hydrogens (tertiary/aromatic N) is 2. The van der Waals surface area contributed by atoms with Crippen molar-refractivity contribution in [1.82, 2.24) is 0 Å². The highest BCUT2D eigenvalue weighted by Gasteiger charge is 1.90. The Hall–Kier alpha value is -2.13. The Kier molecular flexibility index (Phi) is 4.64. The first-order valence-electron chi connectivity index (χ1n) is 3.06. The van der Waals surface area contributed by atoms with E-state index in [1.807, 2.05) is 18.9 Å². The monoisotopic (exact) mass is 158 g/mol. The van der Waals surface area contributed by atoms with E-state index in [-0.39, 0.29) is 0 Å². The largest absolute Gasteiger partial charge is 0.307 e. The molecule has 0 fully saturated rings. The molecule has 0 saturated heterocycles. The summed E-state index contributed by atoms with van der Waals surface area (Å²) in [6, 6.07) is 10.5. The summed E-state index contributed by atoms with van der Waals surface area (Å²) in [5, 5.41) is 16.8. The van der Waals surface area contributed by atoms with Gasteiger partial charge in [-0.05, 0) is 18.2 Å². The molecule has 0 spiro atoms. The first kappa shape index (κ1) is 9.87. The van der Waals surface area contributed by atoms with Gasteiger partial charge in [-0.2, -0.15) is 10.5 Å². The van der Waals surface area contributed by atoms with E-state index in [4.69, 9.17) is 15.3 Å². The van der Waals surface area contributed by atoms with Crippen LogP contribution in [0.5, 0.6) is 0 Å². The Balaban J connectivity index is 0.000000561. The van der Waals surface area contributed by atoms with E-state index in [9.17, 15) is 0 Å². The summed E-state index contributed by atoms with van der Waals surface area (Å²) >= 11 is 0. The van der Waals surface area contributed by atoms with Crippen molar-refractivity contribution in [3.05, 3.63) is 35.4 Å². The molecule has 3 heteroatoms. The lowest BCUT2D eigenvalue weighted by atomic mass is 10.2. The van der Waals surface area contributed by atoms with Gasteiger partial charge in [-0.25, -0.2) is 0 Å². The molecular weight excluding hydrogens is 152 g/mol. The second-order valence-electron chi connectivity index (χ2n) is 1.80. The molecule has 0 aliphatic heterocycles. The van der Waals surface area contributed by atoms with Crippen LogP contribution in [0.1, 0.15) is 11.1 Å². The molecule has 0 aliphatic rings. The molecule has 1 aromatic rings. The van der Waals surface area contributed by atoms with Gasteiger partial charge in [-0.15, -0.1) is 0 Å². The molecule has 0 aliphatic carbocycles. The number of hydrogen-bond acceptors (Lipinski definition) is 3. The van der Waals surface area contributed by atoms with Crippen LogP contribution in [0.25, 0.3) is 0 Å². The molecule has 3 nitrogen and oxygen atoms in total. The molecule has 0 atom stereocenters. The van der Waals surface area contributed by atoms with E-state index in [1.54, 1.807) is 24.3 Å². The van der Waals surface area contributed by atoms with Gasteiger partial charge in [0.05, 0.1) is 23.3 Å². The molecule has 0 aromatic heterocycles. The van der Waals surface area contributed by atoms with Crippen LogP contribution in [0.2, 0.25) is 0 Å². The van der Waals surface area contributed by atoms with Gasteiger partial charge in [0.25, 0.3) is 0 Å². The van der Waals surface area contributed by atoms with Crippen molar-refractivity contribution in [2.45, 2.75) is 0 Å². The third-order valence-corrected chi connectivity index (χ3v) is 1.12. The third-order valence-electron chi connectivity index (χ3n) is 1.12. The highest BCUT2D eigenvalue weighted by atomic mass is 16.1. The summed E-state index contributed by atoms with van der Waals surface area (Å²) in [6.45, 7) is 2.00. The molecule has 0 heterocycles. The van der Waals surface area contributed by atoms with Gasteiger partial charge in [0.2, 0.25) is 0 Å². The molecule has 1 aromatic carbocycles. The van der Waals surface area contributed by atoms with E-state index in [1.165, 1.54) is 0 Å². The predicted octanol–water partition coefficient (Wildman–Crippen LogP) is 1.25. The third kappa shape index (κ3) is 2.64. The van der Waals surface area contributed by atoms with Crippen LogP contribution in [-0.2, 0) is 4.79 Å². The van der Waals surface area contributed by atoms with Crippen molar-refractivity contribution in [2.24, 2.45) is 0 Å². The second-order valence-corrected chi connectivity index (χ2v) is 1.80. The summed E-state index contributed by atoms with van der Waals surface area (Å²) in [5.74, 6) is 0. The fraction of sp³-hybridized carbons (Fsp3) is 0. The predicted molar refractivity (Wildman–Crippen MR) is 43.0 cm³/mol. The van der Waals surface area contributed by atoms with E-state index < -0.39 is 0 Å². The van der Waals surface area contributed by atoms with Crippen LogP contribution < -0.4 is 0 Å². The summed E-state index contributed by atoms with van der Waals surface area (Å²) in [7, 11) is 0. The quantitative estimate of drug-likeness (QED) is 0.570. The molecule has 0 bridgehead atoms. The van der Waals surface area contributed by atoms with Gasteiger partial charge in [0.15, 0.2) is 0 Å². The summed E-state index contributed by atoms with van der Waals surface area (Å²) < 4.78 is 0. The lowest BCUT2D eigenvalue weighted by molar-refractivity contribution is -0.0979. The minimum absolute atomic E-state index is 0.527. The summed E-state index contributed by atoms with van der Waals surface area (Å²) in [5.41, 5.74) is 1.05. The smallest absolute Gasteiger partial charge is 0.106 e. The minimum atomic E-state index is 0.527. The maximum absolute atomic E-state index is 8.40. The Bertz CT molecular complexity index is 304. The fourth-order valence-electron chi connectivity index (χ4n) is 0.658. The highest BCUT2D eigenvalue weighted by Crippen LogP contribution is 2.01. The van der Waals surface area contributed by atoms with Crippen LogP contribution in [-0.4, -0.2) is 6.79 Å². The molecule has 1 rings (SSSR count). The Morgan fingerprint density at radius 2 is 1.50 bits per heavy atom. The standard InChI is InChI=1S/C8H4N2.CH2O/c9-5-7-2-1-3-8(4-7)6-10;1-2/h1-4H;1H2. The second kappa shape index (κ2) is 5.64. The molecule has 58 valence electrons. The Morgan fingerprint density at radius 1 is 1.08 bits per heavy atom. The van der Waals surface area contributed by atoms with Crippen molar-refractivity contribution >= 4 is 6.79 Å². The summed E-state index contributed by atoms with van der Waals surface area (Å²) in [6.07, 6.45) is 0. The van der Waals surface area contributed by atoms with Crippen molar-refractivity contribution in [2.75, 3.05) is 0 Å². The highest BCUT2D eigenvalue weighted by molar-refractivity contribution is 5.38. The average molecular weight is 158 g/mol. The number of nitriles is 2. The Labute approximate surface area is 70.5 Å². The fourth-order valence-corrected chi connectivity index (χ4v) is 0.658. The minimum Gasteiger partial charge on any atom is -0.307 e. The van der Waals surface area contributed by atoms with Crippen LogP contribution in [0.4, 0.5) is 0 Å². The lowest BCUT2D eigenvalue weighted by Gasteiger charge is -1.86. The number of carbonyl (C=O) groups excluding carboxylic acids is 1.